The average molecular weight is 280 g/mol. The summed E-state index contributed by atoms with van der Waals surface area (Å²) in [6, 6.07) is 14.8. The Bertz CT molecular complexity index is 779. The van der Waals surface area contributed by atoms with Crippen LogP contribution in [0.4, 0.5) is 10.2 Å². The first-order chi connectivity index (χ1) is 10.1. The van der Waals surface area contributed by atoms with E-state index in [2.05, 4.69) is 42.3 Å². The number of nitrogens with zero attached hydrogens (tertiary/aromatic N) is 1. The molecule has 1 N–H and O–H groups in total. The van der Waals surface area contributed by atoms with Crippen LogP contribution in [0, 0.1) is 19.7 Å². The average Bonchev–Trinajstić information content (AvgIpc) is 2.48. The van der Waals surface area contributed by atoms with Crippen LogP contribution in [-0.2, 0) is 6.54 Å². The summed E-state index contributed by atoms with van der Waals surface area (Å²) >= 11 is 0. The normalized spacial score (nSPS) is 10.8. The Balaban J connectivity index is 1.87. The minimum Gasteiger partial charge on any atom is -0.366 e. The van der Waals surface area contributed by atoms with Gasteiger partial charge in [-0.25, -0.2) is 9.37 Å². The van der Waals surface area contributed by atoms with Crippen LogP contribution in [0.15, 0.2) is 48.5 Å². The lowest BCUT2D eigenvalue weighted by atomic mass is 10.1. The van der Waals surface area contributed by atoms with Gasteiger partial charge in [0.1, 0.15) is 11.6 Å². The Morgan fingerprint density at radius 2 is 1.76 bits per heavy atom. The van der Waals surface area contributed by atoms with E-state index in [0.29, 0.717) is 6.54 Å². The van der Waals surface area contributed by atoms with Gasteiger partial charge in [-0.3, -0.25) is 0 Å². The van der Waals surface area contributed by atoms with Crippen LogP contribution < -0.4 is 5.32 Å². The van der Waals surface area contributed by atoms with Gasteiger partial charge >= 0.3 is 0 Å². The predicted octanol–water partition coefficient (Wildman–Crippen LogP) is 4.60. The molecule has 2 nitrogen and oxygen atoms in total. The van der Waals surface area contributed by atoms with Gasteiger partial charge < -0.3 is 5.32 Å². The molecule has 0 saturated heterocycles. The van der Waals surface area contributed by atoms with Gasteiger partial charge in [0.05, 0.1) is 5.52 Å². The zero-order valence-electron chi connectivity index (χ0n) is 12.2. The molecule has 0 saturated carbocycles. The van der Waals surface area contributed by atoms with Crippen molar-refractivity contribution in [2.45, 2.75) is 20.4 Å². The van der Waals surface area contributed by atoms with E-state index < -0.39 is 0 Å². The minimum absolute atomic E-state index is 0.214. The topological polar surface area (TPSA) is 24.9 Å². The van der Waals surface area contributed by atoms with Crippen LogP contribution in [0.2, 0.25) is 0 Å². The molecule has 0 aliphatic carbocycles. The van der Waals surface area contributed by atoms with E-state index in [1.807, 2.05) is 6.07 Å². The van der Waals surface area contributed by atoms with Crippen molar-refractivity contribution in [3.05, 3.63) is 71.0 Å². The standard InChI is InChI=1S/C18H17FN2/c1-12-4-3-5-16-13(2)10-17(21-18(12)16)20-11-14-6-8-15(19)9-7-14/h3-10H,11H2,1-2H3,(H,20,21). The summed E-state index contributed by atoms with van der Waals surface area (Å²) in [5.74, 6) is 0.632. The number of pyridine rings is 1. The number of aryl methyl sites for hydroxylation is 2. The number of aromatic nitrogens is 1. The summed E-state index contributed by atoms with van der Waals surface area (Å²) in [4.78, 5) is 4.68. The number of benzene rings is 2. The molecule has 3 rings (SSSR count). The summed E-state index contributed by atoms with van der Waals surface area (Å²) in [6.07, 6.45) is 0. The largest absolute Gasteiger partial charge is 0.366 e. The van der Waals surface area contributed by atoms with E-state index in [1.54, 1.807) is 12.1 Å². The highest BCUT2D eigenvalue weighted by Crippen LogP contribution is 2.23. The Kier molecular flexibility index (Phi) is 3.57. The molecule has 0 amide bonds. The molecule has 0 aliphatic heterocycles. The fraction of sp³-hybridized carbons (Fsp3) is 0.167. The Labute approximate surface area is 123 Å². The van der Waals surface area contributed by atoms with Gasteiger partial charge in [0.2, 0.25) is 0 Å². The first kappa shape index (κ1) is 13.6. The minimum atomic E-state index is -0.214. The third-order valence-corrected chi connectivity index (χ3v) is 3.63. The van der Waals surface area contributed by atoms with Crippen molar-refractivity contribution in [2.75, 3.05) is 5.32 Å². The highest BCUT2D eigenvalue weighted by molar-refractivity contribution is 5.86. The van der Waals surface area contributed by atoms with Crippen molar-refractivity contribution in [1.29, 1.82) is 0 Å². The van der Waals surface area contributed by atoms with Crippen molar-refractivity contribution in [2.24, 2.45) is 0 Å². The van der Waals surface area contributed by atoms with Gasteiger partial charge in [-0.15, -0.1) is 0 Å². The molecule has 0 fully saturated rings. The van der Waals surface area contributed by atoms with Gasteiger partial charge in [0, 0.05) is 11.9 Å². The van der Waals surface area contributed by atoms with E-state index in [1.165, 1.54) is 28.6 Å². The highest BCUT2D eigenvalue weighted by Gasteiger charge is 2.04. The third kappa shape index (κ3) is 2.87. The number of anilines is 1. The quantitative estimate of drug-likeness (QED) is 0.758. The third-order valence-electron chi connectivity index (χ3n) is 3.63. The SMILES string of the molecule is Cc1cc(NCc2ccc(F)cc2)nc2c(C)cccc12. The molecule has 0 spiro atoms. The lowest BCUT2D eigenvalue weighted by molar-refractivity contribution is 0.627. The molecule has 3 heteroatoms. The molecule has 0 unspecified atom stereocenters. The maximum atomic E-state index is 12.9. The van der Waals surface area contributed by atoms with Crippen molar-refractivity contribution >= 4 is 16.7 Å². The molecule has 0 aliphatic rings. The summed E-state index contributed by atoms with van der Waals surface area (Å²) in [6.45, 7) is 4.79. The molecule has 1 aromatic heterocycles. The molecule has 2 aromatic carbocycles. The predicted molar refractivity (Wildman–Crippen MR) is 84.9 cm³/mol. The summed E-state index contributed by atoms with van der Waals surface area (Å²) < 4.78 is 12.9. The highest BCUT2D eigenvalue weighted by atomic mass is 19.1. The van der Waals surface area contributed by atoms with Gasteiger partial charge in [-0.1, -0.05) is 30.3 Å². The van der Waals surface area contributed by atoms with Crippen molar-refractivity contribution < 1.29 is 4.39 Å². The Morgan fingerprint density at radius 3 is 2.52 bits per heavy atom. The summed E-state index contributed by atoms with van der Waals surface area (Å²) in [5, 5.41) is 4.49. The van der Waals surface area contributed by atoms with Crippen LogP contribution in [0.25, 0.3) is 10.9 Å². The number of fused-ring (bicyclic) bond motifs is 1. The van der Waals surface area contributed by atoms with E-state index >= 15 is 0 Å². The van der Waals surface area contributed by atoms with Crippen LogP contribution in [0.3, 0.4) is 0 Å². The van der Waals surface area contributed by atoms with Gasteiger partial charge in [-0.2, -0.15) is 0 Å². The first-order valence-corrected chi connectivity index (χ1v) is 6.99. The monoisotopic (exact) mass is 280 g/mol. The molecular formula is C18H17FN2. The fourth-order valence-electron chi connectivity index (χ4n) is 2.45. The lowest BCUT2D eigenvalue weighted by Crippen LogP contribution is -2.02. The smallest absolute Gasteiger partial charge is 0.127 e. The number of para-hydroxylation sites is 1. The number of halogens is 1. The van der Waals surface area contributed by atoms with Crippen LogP contribution in [-0.4, -0.2) is 4.98 Å². The van der Waals surface area contributed by atoms with Crippen LogP contribution in [0.1, 0.15) is 16.7 Å². The second-order valence-electron chi connectivity index (χ2n) is 5.28. The van der Waals surface area contributed by atoms with Gasteiger partial charge in [0.25, 0.3) is 0 Å². The molecule has 106 valence electrons. The number of hydrogen-bond donors (Lipinski definition) is 1. The molecule has 1 heterocycles. The van der Waals surface area contributed by atoms with Crippen LogP contribution in [0.5, 0.6) is 0 Å². The fourth-order valence-corrected chi connectivity index (χ4v) is 2.45. The molecular weight excluding hydrogens is 263 g/mol. The van der Waals surface area contributed by atoms with Crippen LogP contribution >= 0.6 is 0 Å². The first-order valence-electron chi connectivity index (χ1n) is 6.99. The molecule has 0 bridgehead atoms. The van der Waals surface area contributed by atoms with E-state index in [-0.39, 0.29) is 5.82 Å². The number of nitrogens with one attached hydrogen (secondary N) is 1. The van der Waals surface area contributed by atoms with E-state index in [4.69, 9.17) is 0 Å². The maximum Gasteiger partial charge on any atom is 0.127 e. The van der Waals surface area contributed by atoms with E-state index in [0.717, 1.165) is 16.9 Å². The number of hydrogen-bond acceptors (Lipinski definition) is 2. The molecule has 0 atom stereocenters. The lowest BCUT2D eigenvalue weighted by Gasteiger charge is -2.10. The Hall–Kier alpha value is -2.42. The van der Waals surface area contributed by atoms with Gasteiger partial charge in [0.15, 0.2) is 0 Å². The zero-order valence-corrected chi connectivity index (χ0v) is 12.2. The van der Waals surface area contributed by atoms with Gasteiger partial charge in [-0.05, 0) is 48.7 Å². The Morgan fingerprint density at radius 1 is 1.00 bits per heavy atom. The summed E-state index contributed by atoms with van der Waals surface area (Å²) in [7, 11) is 0. The van der Waals surface area contributed by atoms with Crippen molar-refractivity contribution in [1.82, 2.24) is 4.98 Å². The second kappa shape index (κ2) is 5.52. The maximum absolute atomic E-state index is 12.9. The summed E-state index contributed by atoms with van der Waals surface area (Å²) in [5.41, 5.74) is 4.42. The van der Waals surface area contributed by atoms with Crippen molar-refractivity contribution in [3.63, 3.8) is 0 Å². The second-order valence-corrected chi connectivity index (χ2v) is 5.28. The zero-order chi connectivity index (χ0) is 14.8. The molecule has 3 aromatic rings. The molecule has 0 radical (unpaired) electrons. The van der Waals surface area contributed by atoms with E-state index in [9.17, 15) is 4.39 Å². The van der Waals surface area contributed by atoms with Crippen molar-refractivity contribution in [3.8, 4) is 0 Å². The molecule has 21 heavy (non-hydrogen) atoms. The number of rotatable bonds is 3.